The number of methoxy groups -OCH3 is 3. The summed E-state index contributed by atoms with van der Waals surface area (Å²) >= 11 is 0. The second-order valence-electron chi connectivity index (χ2n) is 10.5. The van der Waals surface area contributed by atoms with E-state index in [1.165, 1.54) is 4.31 Å². The topological polar surface area (TPSA) is 77.4 Å². The Morgan fingerprint density at radius 2 is 1.44 bits per heavy atom. The smallest absolute Gasteiger partial charge is 0.268 e. The minimum Gasteiger partial charge on any atom is -0.493 e. The molecule has 0 bridgehead atoms. The van der Waals surface area contributed by atoms with Crippen molar-refractivity contribution in [2.75, 3.05) is 25.6 Å². The number of fused-ring (bicyclic) bond motifs is 1. The number of aliphatic imine (C=N–C) groups is 1. The van der Waals surface area contributed by atoms with Crippen molar-refractivity contribution in [2.24, 2.45) is 4.99 Å². The standard InChI is InChI=1S/C35H36N2O5S/c1-25-16-18-29(19-17-25)43(38,39)37(28-12-7-6-8-13-28)21-11-20-35(26(2)36-31-15-10-9-14-30(31)35)24-27-22-32(40-3)34(42-5)33(23-27)41-4/h6-19,21-23H,20,24H2,1-5H3/b21-11+/t35-/m1/s1. The molecule has 0 amide bonds. The van der Waals surface area contributed by atoms with Crippen LogP contribution in [0.1, 0.15) is 30.0 Å². The van der Waals surface area contributed by atoms with Gasteiger partial charge >= 0.3 is 0 Å². The lowest BCUT2D eigenvalue weighted by molar-refractivity contribution is 0.323. The highest BCUT2D eigenvalue weighted by molar-refractivity contribution is 7.93. The Balaban J connectivity index is 1.58. The predicted molar refractivity (Wildman–Crippen MR) is 172 cm³/mol. The highest BCUT2D eigenvalue weighted by Crippen LogP contribution is 2.47. The van der Waals surface area contributed by atoms with E-state index in [4.69, 9.17) is 19.2 Å². The summed E-state index contributed by atoms with van der Waals surface area (Å²) in [5, 5.41) is 0. The van der Waals surface area contributed by atoms with Crippen molar-refractivity contribution in [3.8, 4) is 17.2 Å². The zero-order valence-corrected chi connectivity index (χ0v) is 25.9. The molecule has 4 aromatic carbocycles. The molecule has 0 unspecified atom stereocenters. The third kappa shape index (κ3) is 5.75. The van der Waals surface area contributed by atoms with E-state index in [2.05, 4.69) is 6.07 Å². The first kappa shape index (κ1) is 29.9. The third-order valence-corrected chi connectivity index (χ3v) is 9.64. The molecule has 0 aromatic heterocycles. The number of anilines is 1. The number of rotatable bonds is 11. The van der Waals surface area contributed by atoms with Gasteiger partial charge in [0.25, 0.3) is 10.0 Å². The van der Waals surface area contributed by atoms with Crippen LogP contribution in [0.15, 0.2) is 113 Å². The maximum absolute atomic E-state index is 13.9. The second kappa shape index (κ2) is 12.4. The highest BCUT2D eigenvalue weighted by atomic mass is 32.2. The van der Waals surface area contributed by atoms with Gasteiger partial charge in [-0.15, -0.1) is 0 Å². The summed E-state index contributed by atoms with van der Waals surface area (Å²) in [5.41, 5.74) is 4.92. The van der Waals surface area contributed by atoms with Crippen LogP contribution in [0, 0.1) is 6.92 Å². The predicted octanol–water partition coefficient (Wildman–Crippen LogP) is 7.41. The van der Waals surface area contributed by atoms with Crippen LogP contribution >= 0.6 is 0 Å². The maximum atomic E-state index is 13.9. The summed E-state index contributed by atoms with van der Waals surface area (Å²) in [7, 11) is 0.909. The van der Waals surface area contributed by atoms with E-state index in [-0.39, 0.29) is 4.90 Å². The van der Waals surface area contributed by atoms with Gasteiger partial charge in [0.05, 0.1) is 37.6 Å². The van der Waals surface area contributed by atoms with Crippen molar-refractivity contribution in [2.45, 2.75) is 37.0 Å². The fraction of sp³-hybridized carbons (Fsp3) is 0.229. The van der Waals surface area contributed by atoms with E-state index in [1.54, 1.807) is 63.9 Å². The van der Waals surface area contributed by atoms with Crippen LogP contribution < -0.4 is 18.5 Å². The van der Waals surface area contributed by atoms with Gasteiger partial charge in [0.2, 0.25) is 5.75 Å². The Hall–Kier alpha value is -4.56. The molecule has 43 heavy (non-hydrogen) atoms. The monoisotopic (exact) mass is 596 g/mol. The number of sulfonamides is 1. The molecule has 1 aliphatic rings. The van der Waals surface area contributed by atoms with E-state index in [9.17, 15) is 8.42 Å². The SMILES string of the molecule is COc1cc(C[C@]2(C/C=C/N(c3ccccc3)S(=O)(=O)c3ccc(C)cc3)C(C)=Nc3ccccc32)cc(OC)c1OC. The number of benzene rings is 4. The minimum atomic E-state index is -3.88. The van der Waals surface area contributed by atoms with Crippen molar-refractivity contribution >= 4 is 27.1 Å². The summed E-state index contributed by atoms with van der Waals surface area (Å²) in [6.07, 6.45) is 4.67. The van der Waals surface area contributed by atoms with E-state index in [0.29, 0.717) is 35.8 Å². The third-order valence-electron chi connectivity index (χ3n) is 7.93. The maximum Gasteiger partial charge on any atom is 0.268 e. The first-order chi connectivity index (χ1) is 20.7. The summed E-state index contributed by atoms with van der Waals surface area (Å²) in [6, 6.07) is 28.0. The molecule has 222 valence electrons. The van der Waals surface area contributed by atoms with Crippen LogP contribution in [0.4, 0.5) is 11.4 Å². The molecule has 1 atom stereocenters. The number of nitrogens with zero attached hydrogens (tertiary/aromatic N) is 2. The van der Waals surface area contributed by atoms with Crippen LogP contribution in [0.25, 0.3) is 0 Å². The number of aryl methyl sites for hydroxylation is 1. The molecule has 0 aliphatic carbocycles. The molecule has 0 N–H and O–H groups in total. The quantitative estimate of drug-likeness (QED) is 0.180. The first-order valence-electron chi connectivity index (χ1n) is 14.0. The summed E-state index contributed by atoms with van der Waals surface area (Å²) in [5.74, 6) is 1.67. The number of para-hydroxylation sites is 2. The van der Waals surface area contributed by atoms with Gasteiger partial charge in [-0.25, -0.2) is 12.7 Å². The Morgan fingerprint density at radius 1 is 0.814 bits per heavy atom. The molecule has 1 heterocycles. The number of hydrogen-bond acceptors (Lipinski definition) is 6. The fourth-order valence-corrected chi connectivity index (χ4v) is 7.00. The van der Waals surface area contributed by atoms with E-state index in [0.717, 1.165) is 28.1 Å². The Labute approximate surface area is 254 Å². The minimum absolute atomic E-state index is 0.225. The molecule has 0 radical (unpaired) electrons. The van der Waals surface area contributed by atoms with Gasteiger partial charge < -0.3 is 14.2 Å². The van der Waals surface area contributed by atoms with Gasteiger partial charge in [-0.3, -0.25) is 4.99 Å². The molecular formula is C35H36N2O5S. The van der Waals surface area contributed by atoms with E-state index in [1.807, 2.05) is 68.5 Å². The normalized spacial score (nSPS) is 16.1. The number of hydrogen-bond donors (Lipinski definition) is 0. The lowest BCUT2D eigenvalue weighted by Gasteiger charge is -2.31. The fourth-order valence-electron chi connectivity index (χ4n) is 5.65. The molecule has 0 fully saturated rings. The van der Waals surface area contributed by atoms with E-state index < -0.39 is 15.4 Å². The van der Waals surface area contributed by atoms with Crippen molar-refractivity contribution < 1.29 is 22.6 Å². The second-order valence-corrected chi connectivity index (χ2v) is 12.4. The molecule has 4 aromatic rings. The lowest BCUT2D eigenvalue weighted by Crippen LogP contribution is -2.34. The Morgan fingerprint density at radius 3 is 2.07 bits per heavy atom. The van der Waals surface area contributed by atoms with Gasteiger partial charge in [0.1, 0.15) is 0 Å². The van der Waals surface area contributed by atoms with Crippen molar-refractivity contribution in [3.05, 3.63) is 120 Å². The zero-order chi connectivity index (χ0) is 30.6. The molecule has 1 aliphatic heterocycles. The number of ether oxygens (including phenoxy) is 3. The lowest BCUT2D eigenvalue weighted by atomic mass is 9.71. The zero-order valence-electron chi connectivity index (χ0n) is 25.1. The highest BCUT2D eigenvalue weighted by Gasteiger charge is 2.41. The molecule has 0 saturated carbocycles. The molecule has 5 rings (SSSR count). The Kier molecular flexibility index (Phi) is 8.59. The van der Waals surface area contributed by atoms with Gasteiger partial charge in [-0.1, -0.05) is 60.2 Å². The summed E-state index contributed by atoms with van der Waals surface area (Å²) in [6.45, 7) is 3.96. The van der Waals surface area contributed by atoms with Crippen LogP contribution in [0.2, 0.25) is 0 Å². The number of allylic oxidation sites excluding steroid dienone is 1. The molecule has 7 nitrogen and oxygen atoms in total. The van der Waals surface area contributed by atoms with Gasteiger partial charge in [-0.05, 0) is 80.3 Å². The van der Waals surface area contributed by atoms with E-state index >= 15 is 0 Å². The largest absolute Gasteiger partial charge is 0.493 e. The van der Waals surface area contributed by atoms with Crippen LogP contribution in [-0.2, 0) is 21.9 Å². The summed E-state index contributed by atoms with van der Waals surface area (Å²) in [4.78, 5) is 5.17. The first-order valence-corrected chi connectivity index (χ1v) is 15.4. The Bertz CT molecular complexity index is 1740. The van der Waals surface area contributed by atoms with Crippen molar-refractivity contribution in [1.82, 2.24) is 0 Å². The van der Waals surface area contributed by atoms with Crippen molar-refractivity contribution in [3.63, 3.8) is 0 Å². The van der Waals surface area contributed by atoms with Crippen LogP contribution in [0.5, 0.6) is 17.2 Å². The molecule has 0 saturated heterocycles. The molecule has 0 spiro atoms. The molecular weight excluding hydrogens is 560 g/mol. The average Bonchev–Trinajstić information content (AvgIpc) is 3.29. The molecule has 8 heteroatoms. The van der Waals surface area contributed by atoms with Gasteiger partial charge in [0.15, 0.2) is 11.5 Å². The van der Waals surface area contributed by atoms with Gasteiger partial charge in [0, 0.05) is 17.3 Å². The van der Waals surface area contributed by atoms with Crippen LogP contribution in [0.3, 0.4) is 0 Å². The summed E-state index contributed by atoms with van der Waals surface area (Å²) < 4.78 is 46.0. The van der Waals surface area contributed by atoms with Gasteiger partial charge in [-0.2, -0.15) is 0 Å². The van der Waals surface area contributed by atoms with Crippen molar-refractivity contribution in [1.29, 1.82) is 0 Å². The van der Waals surface area contributed by atoms with Crippen LogP contribution in [-0.4, -0.2) is 35.5 Å². The average molecular weight is 597 g/mol.